The Kier molecular flexibility index (Phi) is 2.53. The highest BCUT2D eigenvalue weighted by Gasteiger charge is 2.01. The van der Waals surface area contributed by atoms with Gasteiger partial charge in [-0.05, 0) is 50.9 Å². The first kappa shape index (κ1) is 11.2. The Morgan fingerprint density at radius 3 is 2.15 bits per heavy atom. The van der Waals surface area contributed by atoms with E-state index < -0.39 is 0 Å². The zero-order valence-corrected chi connectivity index (χ0v) is 11.0. The van der Waals surface area contributed by atoms with Crippen LogP contribution in [0.5, 0.6) is 0 Å². The number of hydrogen-bond donors (Lipinski definition) is 0. The molecule has 4 aromatic rings. The van der Waals surface area contributed by atoms with Crippen LogP contribution in [0.4, 0.5) is 0 Å². The second-order valence-corrected chi connectivity index (χ2v) is 5.02. The normalized spacial score (nSPS) is 11.0. The Hall–Kier alpha value is -2.60. The SMILES string of the molecule is [c]1c2ccccc2cc2cc(-c3ccccc3)ccc12. The van der Waals surface area contributed by atoms with Crippen LogP contribution in [0.1, 0.15) is 0 Å². The highest BCUT2D eigenvalue weighted by Crippen LogP contribution is 2.27. The van der Waals surface area contributed by atoms with Gasteiger partial charge in [-0.1, -0.05) is 66.7 Å². The van der Waals surface area contributed by atoms with Crippen molar-refractivity contribution in [3.05, 3.63) is 84.9 Å². The summed E-state index contributed by atoms with van der Waals surface area (Å²) in [5.41, 5.74) is 2.50. The Morgan fingerprint density at radius 2 is 1.25 bits per heavy atom. The lowest BCUT2D eigenvalue weighted by molar-refractivity contribution is 1.65. The molecule has 0 aromatic heterocycles. The number of hydrogen-bond acceptors (Lipinski definition) is 0. The summed E-state index contributed by atoms with van der Waals surface area (Å²) in [6, 6.07) is 31.2. The van der Waals surface area contributed by atoms with Crippen LogP contribution in [0.25, 0.3) is 32.7 Å². The van der Waals surface area contributed by atoms with Gasteiger partial charge in [-0.2, -0.15) is 0 Å². The third-order valence-electron chi connectivity index (χ3n) is 3.70. The third-order valence-corrected chi connectivity index (χ3v) is 3.70. The molecule has 0 unspecified atom stereocenters. The van der Waals surface area contributed by atoms with Gasteiger partial charge in [-0.25, -0.2) is 0 Å². The first-order valence-electron chi connectivity index (χ1n) is 6.80. The second kappa shape index (κ2) is 4.50. The van der Waals surface area contributed by atoms with Gasteiger partial charge in [0.15, 0.2) is 0 Å². The highest BCUT2D eigenvalue weighted by atomic mass is 14.1. The molecule has 0 atom stereocenters. The topological polar surface area (TPSA) is 0 Å². The van der Waals surface area contributed by atoms with Crippen LogP contribution in [0, 0.1) is 6.07 Å². The molecule has 0 bridgehead atoms. The maximum Gasteiger partial charge on any atom is -0.00143 e. The molecule has 0 heteroatoms. The molecule has 0 aliphatic heterocycles. The summed E-state index contributed by atoms with van der Waals surface area (Å²) >= 11 is 0. The van der Waals surface area contributed by atoms with Gasteiger partial charge >= 0.3 is 0 Å². The Labute approximate surface area is 118 Å². The fourth-order valence-corrected chi connectivity index (χ4v) is 2.66. The number of benzene rings is 4. The van der Waals surface area contributed by atoms with Gasteiger partial charge in [0, 0.05) is 0 Å². The summed E-state index contributed by atoms with van der Waals surface area (Å²) in [6.07, 6.45) is 0. The van der Waals surface area contributed by atoms with Gasteiger partial charge in [-0.15, -0.1) is 0 Å². The molecule has 4 aromatic carbocycles. The second-order valence-electron chi connectivity index (χ2n) is 5.02. The summed E-state index contributed by atoms with van der Waals surface area (Å²) in [6.45, 7) is 0. The van der Waals surface area contributed by atoms with Crippen molar-refractivity contribution in [2.24, 2.45) is 0 Å². The van der Waals surface area contributed by atoms with Crippen molar-refractivity contribution in [1.82, 2.24) is 0 Å². The lowest BCUT2D eigenvalue weighted by Crippen LogP contribution is -1.80. The first-order valence-corrected chi connectivity index (χ1v) is 6.80. The molecule has 0 N–H and O–H groups in total. The lowest BCUT2D eigenvalue weighted by Gasteiger charge is -2.05. The fraction of sp³-hybridized carbons (Fsp3) is 0. The zero-order chi connectivity index (χ0) is 13.4. The van der Waals surface area contributed by atoms with Crippen molar-refractivity contribution in [2.45, 2.75) is 0 Å². The maximum absolute atomic E-state index is 3.49. The Morgan fingerprint density at radius 1 is 0.500 bits per heavy atom. The molecule has 0 saturated heterocycles. The van der Waals surface area contributed by atoms with Crippen LogP contribution in [-0.4, -0.2) is 0 Å². The monoisotopic (exact) mass is 253 g/mol. The fourth-order valence-electron chi connectivity index (χ4n) is 2.66. The first-order chi connectivity index (χ1) is 9.90. The Bertz CT molecular complexity index is 889. The van der Waals surface area contributed by atoms with E-state index in [1.807, 2.05) is 6.07 Å². The molecule has 0 fully saturated rings. The van der Waals surface area contributed by atoms with E-state index in [-0.39, 0.29) is 0 Å². The predicted octanol–water partition coefficient (Wildman–Crippen LogP) is 5.46. The van der Waals surface area contributed by atoms with Gasteiger partial charge in [0.1, 0.15) is 0 Å². The predicted molar refractivity (Wildman–Crippen MR) is 85.7 cm³/mol. The summed E-state index contributed by atoms with van der Waals surface area (Å²) in [4.78, 5) is 0. The van der Waals surface area contributed by atoms with Crippen LogP contribution in [0.15, 0.2) is 78.9 Å². The van der Waals surface area contributed by atoms with Crippen molar-refractivity contribution >= 4 is 21.5 Å². The molecule has 0 amide bonds. The minimum Gasteiger partial charge on any atom is -0.0622 e. The minimum absolute atomic E-state index is 1.17. The van der Waals surface area contributed by atoms with Gasteiger partial charge in [-0.3, -0.25) is 0 Å². The van der Waals surface area contributed by atoms with Crippen molar-refractivity contribution in [3.63, 3.8) is 0 Å². The average Bonchev–Trinajstić information content (AvgIpc) is 2.53. The minimum atomic E-state index is 1.17. The molecule has 4 rings (SSSR count). The quantitative estimate of drug-likeness (QED) is 0.395. The van der Waals surface area contributed by atoms with Crippen LogP contribution in [-0.2, 0) is 0 Å². The van der Waals surface area contributed by atoms with E-state index in [4.69, 9.17) is 0 Å². The van der Waals surface area contributed by atoms with Gasteiger partial charge < -0.3 is 0 Å². The molecule has 0 saturated carbocycles. The van der Waals surface area contributed by atoms with Gasteiger partial charge in [0.2, 0.25) is 0 Å². The lowest BCUT2D eigenvalue weighted by atomic mass is 9.99. The average molecular weight is 253 g/mol. The molecule has 20 heavy (non-hydrogen) atoms. The molecular weight excluding hydrogens is 240 g/mol. The van der Waals surface area contributed by atoms with E-state index in [9.17, 15) is 0 Å². The van der Waals surface area contributed by atoms with Crippen LogP contribution in [0.2, 0.25) is 0 Å². The molecular formula is C20H13. The van der Waals surface area contributed by atoms with E-state index >= 15 is 0 Å². The van der Waals surface area contributed by atoms with Gasteiger partial charge in [0.25, 0.3) is 0 Å². The van der Waals surface area contributed by atoms with Crippen LogP contribution >= 0.6 is 0 Å². The Balaban J connectivity index is 1.97. The van der Waals surface area contributed by atoms with Crippen molar-refractivity contribution in [3.8, 4) is 11.1 Å². The van der Waals surface area contributed by atoms with Crippen LogP contribution < -0.4 is 0 Å². The molecule has 0 nitrogen and oxygen atoms in total. The van der Waals surface area contributed by atoms with E-state index in [1.54, 1.807) is 0 Å². The molecule has 0 aliphatic rings. The number of fused-ring (bicyclic) bond motifs is 2. The van der Waals surface area contributed by atoms with E-state index in [2.05, 4.69) is 78.9 Å². The summed E-state index contributed by atoms with van der Waals surface area (Å²) < 4.78 is 0. The zero-order valence-electron chi connectivity index (χ0n) is 11.0. The summed E-state index contributed by atoms with van der Waals surface area (Å²) in [5, 5.41) is 4.83. The molecule has 0 aliphatic carbocycles. The molecule has 0 heterocycles. The summed E-state index contributed by atoms with van der Waals surface area (Å²) in [7, 11) is 0. The molecule has 1 radical (unpaired) electrons. The smallest absolute Gasteiger partial charge is 0.00143 e. The highest BCUT2D eigenvalue weighted by molar-refractivity contribution is 5.99. The van der Waals surface area contributed by atoms with Crippen molar-refractivity contribution in [2.75, 3.05) is 0 Å². The molecule has 0 spiro atoms. The third kappa shape index (κ3) is 1.86. The molecule has 93 valence electrons. The maximum atomic E-state index is 3.49. The number of rotatable bonds is 1. The van der Waals surface area contributed by atoms with Crippen molar-refractivity contribution in [1.29, 1.82) is 0 Å². The van der Waals surface area contributed by atoms with E-state index in [0.29, 0.717) is 0 Å². The summed E-state index contributed by atoms with van der Waals surface area (Å²) in [5.74, 6) is 0. The van der Waals surface area contributed by atoms with Gasteiger partial charge in [0.05, 0.1) is 0 Å². The standard InChI is InChI=1S/C20H13/c1-2-6-15(7-3-1)18-10-11-19-12-16-8-4-5-9-17(16)13-20(19)14-18/h1-11,13-14H. The van der Waals surface area contributed by atoms with E-state index in [0.717, 1.165) is 0 Å². The largest absolute Gasteiger partial charge is 0.0622 e. The van der Waals surface area contributed by atoms with Crippen LogP contribution in [0.3, 0.4) is 0 Å². The van der Waals surface area contributed by atoms with Crippen molar-refractivity contribution < 1.29 is 0 Å². The van der Waals surface area contributed by atoms with E-state index in [1.165, 1.54) is 32.7 Å².